The van der Waals surface area contributed by atoms with E-state index in [4.69, 9.17) is 4.84 Å². The van der Waals surface area contributed by atoms with Gasteiger partial charge in [0.1, 0.15) is 0 Å². The van der Waals surface area contributed by atoms with Crippen LogP contribution in [0.4, 0.5) is 13.2 Å². The number of piperidine rings is 1. The first-order chi connectivity index (χ1) is 14.2. The molecule has 3 rings (SSSR count). The number of hydrogen-bond acceptors (Lipinski definition) is 5. The van der Waals surface area contributed by atoms with Gasteiger partial charge in [-0.1, -0.05) is 41.6 Å². The molecule has 30 heavy (non-hydrogen) atoms. The Hall–Kier alpha value is -2.72. The summed E-state index contributed by atoms with van der Waals surface area (Å²) in [5, 5.41) is 3.81. The topological polar surface area (TPSA) is 76.0 Å². The largest absolute Gasteiger partial charge is 0.416 e. The second-order valence-corrected chi connectivity index (χ2v) is 8.65. The van der Waals surface area contributed by atoms with E-state index in [0.717, 1.165) is 28.1 Å². The molecule has 1 aliphatic heterocycles. The van der Waals surface area contributed by atoms with Crippen molar-refractivity contribution >= 4 is 21.7 Å². The van der Waals surface area contributed by atoms with Gasteiger partial charge in [-0.2, -0.15) is 17.5 Å². The summed E-state index contributed by atoms with van der Waals surface area (Å²) in [4.78, 5) is 16.3. The van der Waals surface area contributed by atoms with E-state index in [-0.39, 0.29) is 32.4 Å². The van der Waals surface area contributed by atoms with Crippen LogP contribution in [0.25, 0.3) is 0 Å². The number of nitrogens with zero attached hydrogens (tertiary/aromatic N) is 2. The maximum absolute atomic E-state index is 12.9. The van der Waals surface area contributed by atoms with Crippen LogP contribution < -0.4 is 0 Å². The molecular formula is C20H19F3N2O4S. The van der Waals surface area contributed by atoms with Gasteiger partial charge < -0.3 is 4.84 Å². The van der Waals surface area contributed by atoms with Gasteiger partial charge in [0.05, 0.1) is 22.6 Å². The highest BCUT2D eigenvalue weighted by Gasteiger charge is 2.33. The molecule has 0 spiro atoms. The average molecular weight is 440 g/mol. The van der Waals surface area contributed by atoms with Crippen molar-refractivity contribution in [2.75, 3.05) is 13.1 Å². The first-order valence-corrected chi connectivity index (χ1v) is 10.6. The van der Waals surface area contributed by atoms with E-state index in [9.17, 15) is 26.4 Å². The summed E-state index contributed by atoms with van der Waals surface area (Å²) in [6.07, 6.45) is -4.13. The standard InChI is InChI=1S/C20H19F3N2O4S/c21-20(22,23)16-7-4-8-18(14-16)30(27,28)25-11-9-17(10-12-25)24-29-19(26)13-15-5-2-1-3-6-15/h1-8,14H,9-13H2. The Labute approximate surface area is 172 Å². The molecular weight excluding hydrogens is 421 g/mol. The van der Waals surface area contributed by atoms with Crippen molar-refractivity contribution in [3.05, 3.63) is 65.7 Å². The van der Waals surface area contributed by atoms with Gasteiger partial charge in [-0.15, -0.1) is 0 Å². The smallest absolute Gasteiger partial charge is 0.318 e. The fourth-order valence-electron chi connectivity index (χ4n) is 2.97. The van der Waals surface area contributed by atoms with Crippen molar-refractivity contribution in [3.63, 3.8) is 0 Å². The lowest BCUT2D eigenvalue weighted by atomic mass is 10.1. The zero-order chi connectivity index (χ0) is 21.8. The second kappa shape index (κ2) is 8.97. The van der Waals surface area contributed by atoms with Gasteiger partial charge in [-0.3, -0.25) is 0 Å². The Kier molecular flexibility index (Phi) is 6.57. The molecule has 0 aromatic heterocycles. The highest BCUT2D eigenvalue weighted by atomic mass is 32.2. The minimum atomic E-state index is -4.63. The van der Waals surface area contributed by atoms with Gasteiger partial charge in [-0.25, -0.2) is 13.2 Å². The Morgan fingerprint density at radius 1 is 1.03 bits per heavy atom. The molecule has 6 nitrogen and oxygen atoms in total. The van der Waals surface area contributed by atoms with E-state index < -0.39 is 32.6 Å². The molecule has 0 atom stereocenters. The van der Waals surface area contributed by atoms with E-state index in [1.165, 1.54) is 0 Å². The SMILES string of the molecule is O=C(Cc1ccccc1)ON=C1CCN(S(=O)(=O)c2cccc(C(F)(F)F)c2)CC1. The molecule has 160 valence electrons. The van der Waals surface area contributed by atoms with E-state index in [1.807, 2.05) is 6.07 Å². The van der Waals surface area contributed by atoms with Gasteiger partial charge in [0.15, 0.2) is 0 Å². The quantitative estimate of drug-likeness (QED) is 0.526. The van der Waals surface area contributed by atoms with E-state index in [1.54, 1.807) is 24.3 Å². The summed E-state index contributed by atoms with van der Waals surface area (Å²) < 4.78 is 65.1. The van der Waals surface area contributed by atoms with Crippen LogP contribution >= 0.6 is 0 Å². The minimum Gasteiger partial charge on any atom is -0.318 e. The zero-order valence-electron chi connectivity index (χ0n) is 15.8. The molecule has 2 aromatic rings. The second-order valence-electron chi connectivity index (χ2n) is 6.71. The maximum Gasteiger partial charge on any atom is 0.416 e. The summed E-state index contributed by atoms with van der Waals surface area (Å²) in [6, 6.07) is 12.7. The number of sulfonamides is 1. The molecule has 0 unspecified atom stereocenters. The predicted molar refractivity (Wildman–Crippen MR) is 103 cm³/mol. The van der Waals surface area contributed by atoms with Gasteiger partial charge in [0.2, 0.25) is 10.0 Å². The zero-order valence-corrected chi connectivity index (χ0v) is 16.6. The lowest BCUT2D eigenvalue weighted by Crippen LogP contribution is -2.38. The Balaban J connectivity index is 1.59. The number of benzene rings is 2. The van der Waals surface area contributed by atoms with Crippen molar-refractivity contribution in [1.29, 1.82) is 0 Å². The van der Waals surface area contributed by atoms with Crippen molar-refractivity contribution in [2.24, 2.45) is 5.16 Å². The third-order valence-corrected chi connectivity index (χ3v) is 6.46. The first kappa shape index (κ1) is 22.0. The van der Waals surface area contributed by atoms with Crippen molar-refractivity contribution in [3.8, 4) is 0 Å². The van der Waals surface area contributed by atoms with E-state index in [0.29, 0.717) is 11.8 Å². The number of halogens is 3. The van der Waals surface area contributed by atoms with Crippen LogP contribution in [0, 0.1) is 0 Å². The van der Waals surface area contributed by atoms with Gasteiger partial charge in [0, 0.05) is 25.9 Å². The van der Waals surface area contributed by atoms with Crippen LogP contribution in [0.2, 0.25) is 0 Å². The third-order valence-electron chi connectivity index (χ3n) is 4.57. The van der Waals surface area contributed by atoms with Crippen molar-refractivity contribution < 1.29 is 31.2 Å². The summed E-state index contributed by atoms with van der Waals surface area (Å²) in [7, 11) is -4.07. The van der Waals surface area contributed by atoms with Crippen LogP contribution in [0.3, 0.4) is 0 Å². The molecule has 0 saturated carbocycles. The first-order valence-electron chi connectivity index (χ1n) is 9.13. The lowest BCUT2D eigenvalue weighted by molar-refractivity contribution is -0.143. The van der Waals surface area contributed by atoms with E-state index >= 15 is 0 Å². The van der Waals surface area contributed by atoms with Crippen LogP contribution in [0.5, 0.6) is 0 Å². The molecule has 10 heteroatoms. The lowest BCUT2D eigenvalue weighted by Gasteiger charge is -2.26. The monoisotopic (exact) mass is 440 g/mol. The van der Waals surface area contributed by atoms with Crippen molar-refractivity contribution in [2.45, 2.75) is 30.3 Å². The molecule has 0 amide bonds. The number of carbonyl (C=O) groups excluding carboxylic acids is 1. The Morgan fingerprint density at radius 2 is 1.70 bits per heavy atom. The molecule has 1 aliphatic rings. The van der Waals surface area contributed by atoms with Crippen LogP contribution in [-0.2, 0) is 32.3 Å². The normalized spacial score (nSPS) is 15.6. The number of rotatable bonds is 5. The molecule has 0 N–H and O–H groups in total. The highest BCUT2D eigenvalue weighted by molar-refractivity contribution is 7.89. The van der Waals surface area contributed by atoms with Gasteiger partial charge in [-0.05, 0) is 23.8 Å². The maximum atomic E-state index is 12.9. The average Bonchev–Trinajstić information content (AvgIpc) is 2.73. The summed E-state index contributed by atoms with van der Waals surface area (Å²) in [5.74, 6) is -0.535. The Bertz CT molecular complexity index is 1030. The van der Waals surface area contributed by atoms with Crippen LogP contribution in [0.15, 0.2) is 64.6 Å². The minimum absolute atomic E-state index is 0.0354. The highest BCUT2D eigenvalue weighted by Crippen LogP contribution is 2.31. The fraction of sp³-hybridized carbons (Fsp3) is 0.300. The van der Waals surface area contributed by atoms with Crippen LogP contribution in [-0.4, -0.2) is 37.5 Å². The third kappa shape index (κ3) is 5.45. The van der Waals surface area contributed by atoms with Gasteiger partial charge >= 0.3 is 12.1 Å². The van der Waals surface area contributed by atoms with Crippen LogP contribution in [0.1, 0.15) is 24.0 Å². The van der Waals surface area contributed by atoms with E-state index in [2.05, 4.69) is 5.16 Å². The fourth-order valence-corrected chi connectivity index (χ4v) is 4.46. The molecule has 0 bridgehead atoms. The number of oxime groups is 1. The summed E-state index contributed by atoms with van der Waals surface area (Å²) in [6.45, 7) is 0.0707. The Morgan fingerprint density at radius 3 is 2.33 bits per heavy atom. The molecule has 2 aromatic carbocycles. The molecule has 0 aliphatic carbocycles. The molecule has 0 radical (unpaired) electrons. The number of hydrogen-bond donors (Lipinski definition) is 0. The molecule has 1 saturated heterocycles. The predicted octanol–water partition coefficient (Wildman–Crippen LogP) is 3.63. The number of alkyl halides is 3. The van der Waals surface area contributed by atoms with Crippen molar-refractivity contribution in [1.82, 2.24) is 4.31 Å². The summed E-state index contributed by atoms with van der Waals surface area (Å²) in [5.41, 5.74) is 0.282. The number of carbonyl (C=O) groups is 1. The molecule has 1 heterocycles. The van der Waals surface area contributed by atoms with Gasteiger partial charge in [0.25, 0.3) is 0 Å². The summed E-state index contributed by atoms with van der Waals surface area (Å²) >= 11 is 0. The molecule has 1 fully saturated rings.